The fourth-order valence-corrected chi connectivity index (χ4v) is 4.18. The van der Waals surface area contributed by atoms with Gasteiger partial charge < -0.3 is 10.1 Å². The van der Waals surface area contributed by atoms with Crippen molar-refractivity contribution in [3.8, 4) is 17.3 Å². The van der Waals surface area contributed by atoms with Gasteiger partial charge in [-0.25, -0.2) is 4.79 Å². The molecule has 0 spiro atoms. The lowest BCUT2D eigenvalue weighted by Gasteiger charge is -2.33. The van der Waals surface area contributed by atoms with Crippen LogP contribution in [0.5, 0.6) is 0 Å². The predicted molar refractivity (Wildman–Crippen MR) is 125 cm³/mol. The van der Waals surface area contributed by atoms with Crippen molar-refractivity contribution in [1.82, 2.24) is 19.7 Å². The van der Waals surface area contributed by atoms with Crippen LogP contribution in [0.15, 0.2) is 58.4 Å². The number of hydrogen-bond donors (Lipinski definition) is 3. The predicted octanol–water partition coefficient (Wildman–Crippen LogP) is 2.48. The van der Waals surface area contributed by atoms with E-state index < -0.39 is 29.1 Å². The van der Waals surface area contributed by atoms with Crippen LogP contribution in [0.4, 0.5) is 5.82 Å². The molecule has 1 aromatic carbocycles. The second kappa shape index (κ2) is 9.23. The van der Waals surface area contributed by atoms with Crippen molar-refractivity contribution < 1.29 is 9.53 Å². The van der Waals surface area contributed by atoms with Gasteiger partial charge in [0.15, 0.2) is 0 Å². The summed E-state index contributed by atoms with van der Waals surface area (Å²) >= 11 is 0. The van der Waals surface area contributed by atoms with Crippen molar-refractivity contribution >= 4 is 11.8 Å². The SMILES string of the molecule is C=C1Nc2[nH]c(=O)[nH]c(=O)c2[C@H](c2cn(CCC#N)nc2-c2ccccc2)[C@H]1C(=O)OC(C)C. The third-order valence-electron chi connectivity index (χ3n) is 5.52. The molecule has 0 aliphatic carbocycles. The highest BCUT2D eigenvalue weighted by molar-refractivity contribution is 5.82. The molecule has 2 atom stereocenters. The van der Waals surface area contributed by atoms with E-state index in [0.717, 1.165) is 5.56 Å². The minimum Gasteiger partial charge on any atom is -0.462 e. The van der Waals surface area contributed by atoms with Gasteiger partial charge in [0.2, 0.25) is 0 Å². The van der Waals surface area contributed by atoms with Gasteiger partial charge in [0.1, 0.15) is 11.7 Å². The number of aryl methyl sites for hydroxylation is 1. The monoisotopic (exact) mass is 460 g/mol. The lowest BCUT2D eigenvalue weighted by molar-refractivity contribution is -0.151. The number of anilines is 1. The highest BCUT2D eigenvalue weighted by atomic mass is 16.5. The standard InChI is InChI=1S/C24H24N6O4/c1-13(2)34-23(32)17-14(3)26-21-19(22(31)28-24(33)27-21)18(17)16-12-30(11-7-10-25)29-20(16)15-8-5-4-6-9-15/h4-6,8-9,12-13,17-18H,3,7,11H2,1-2H3,(H3,26,27,28,31,33)/t17-,18+/m0/s1. The van der Waals surface area contributed by atoms with Crippen molar-refractivity contribution in [2.45, 2.75) is 38.8 Å². The number of nitrogens with zero attached hydrogens (tertiary/aromatic N) is 3. The Morgan fingerprint density at radius 3 is 2.68 bits per heavy atom. The number of aromatic nitrogens is 4. The maximum absolute atomic E-state index is 13.2. The summed E-state index contributed by atoms with van der Waals surface area (Å²) in [6.45, 7) is 7.80. The van der Waals surface area contributed by atoms with Crippen molar-refractivity contribution in [2.75, 3.05) is 5.32 Å². The van der Waals surface area contributed by atoms with Gasteiger partial charge in [0.25, 0.3) is 5.56 Å². The molecule has 0 saturated heterocycles. The number of esters is 1. The maximum atomic E-state index is 13.2. The Bertz CT molecular complexity index is 1390. The molecule has 3 N–H and O–H groups in total. The molecule has 0 amide bonds. The number of hydrogen-bond acceptors (Lipinski definition) is 7. The summed E-state index contributed by atoms with van der Waals surface area (Å²) in [4.78, 5) is 43.1. The fourth-order valence-electron chi connectivity index (χ4n) is 4.18. The third kappa shape index (κ3) is 4.28. The highest BCUT2D eigenvalue weighted by Gasteiger charge is 2.43. The first kappa shape index (κ1) is 22.8. The normalized spacial score (nSPS) is 17.1. The molecule has 0 unspecified atom stereocenters. The molecule has 0 bridgehead atoms. The van der Waals surface area contributed by atoms with E-state index in [1.807, 2.05) is 30.3 Å². The van der Waals surface area contributed by atoms with E-state index in [-0.39, 0.29) is 29.6 Å². The van der Waals surface area contributed by atoms with Crippen LogP contribution in [0.1, 0.15) is 37.3 Å². The maximum Gasteiger partial charge on any atom is 0.327 e. The van der Waals surface area contributed by atoms with Crippen LogP contribution in [-0.4, -0.2) is 31.8 Å². The van der Waals surface area contributed by atoms with E-state index in [1.165, 1.54) is 0 Å². The van der Waals surface area contributed by atoms with Crippen LogP contribution >= 0.6 is 0 Å². The number of carbonyl (C=O) groups is 1. The average molecular weight is 460 g/mol. The zero-order valence-electron chi connectivity index (χ0n) is 18.8. The molecule has 174 valence electrons. The van der Waals surface area contributed by atoms with Gasteiger partial charge in [-0.1, -0.05) is 36.9 Å². The quantitative estimate of drug-likeness (QED) is 0.479. The second-order valence-corrected chi connectivity index (χ2v) is 8.26. The molecule has 10 nitrogen and oxygen atoms in total. The lowest BCUT2D eigenvalue weighted by atomic mass is 9.76. The summed E-state index contributed by atoms with van der Waals surface area (Å²) in [5.41, 5.74) is 1.06. The fraction of sp³-hybridized carbons (Fsp3) is 0.292. The molecule has 2 aromatic heterocycles. The van der Waals surface area contributed by atoms with Gasteiger partial charge in [-0.2, -0.15) is 10.4 Å². The summed E-state index contributed by atoms with van der Waals surface area (Å²) in [5.74, 6) is -2.20. The number of ether oxygens (including phenoxy) is 1. The summed E-state index contributed by atoms with van der Waals surface area (Å²) in [7, 11) is 0. The number of benzene rings is 1. The zero-order chi connectivity index (χ0) is 24.4. The third-order valence-corrected chi connectivity index (χ3v) is 5.52. The summed E-state index contributed by atoms with van der Waals surface area (Å²) < 4.78 is 7.13. The van der Waals surface area contributed by atoms with Gasteiger partial charge in [0.05, 0.1) is 36.4 Å². The minimum atomic E-state index is -0.960. The molecule has 0 saturated carbocycles. The van der Waals surface area contributed by atoms with Gasteiger partial charge in [-0.05, 0) is 13.8 Å². The van der Waals surface area contributed by atoms with Gasteiger partial charge in [-0.15, -0.1) is 0 Å². The number of nitrogens with one attached hydrogen (secondary N) is 3. The topological polar surface area (TPSA) is 146 Å². The van der Waals surface area contributed by atoms with E-state index in [1.54, 1.807) is 24.7 Å². The first-order valence-electron chi connectivity index (χ1n) is 10.8. The lowest BCUT2D eigenvalue weighted by Crippen LogP contribution is -2.40. The van der Waals surface area contributed by atoms with Crippen LogP contribution in [0, 0.1) is 17.2 Å². The molecule has 0 fully saturated rings. The smallest absolute Gasteiger partial charge is 0.327 e. The number of aromatic amines is 2. The molecule has 34 heavy (non-hydrogen) atoms. The highest BCUT2D eigenvalue weighted by Crippen LogP contribution is 2.44. The van der Waals surface area contributed by atoms with Gasteiger partial charge >= 0.3 is 11.7 Å². The molecule has 1 aliphatic heterocycles. The molecular formula is C24H24N6O4. The van der Waals surface area contributed by atoms with Crippen LogP contribution in [0.2, 0.25) is 0 Å². The molecule has 1 aliphatic rings. The van der Waals surface area contributed by atoms with E-state index >= 15 is 0 Å². The molecule has 3 heterocycles. The van der Waals surface area contributed by atoms with Crippen LogP contribution in [-0.2, 0) is 16.1 Å². The van der Waals surface area contributed by atoms with E-state index in [4.69, 9.17) is 10.00 Å². The van der Waals surface area contributed by atoms with Gasteiger partial charge in [-0.3, -0.25) is 24.2 Å². The van der Waals surface area contributed by atoms with Crippen molar-refractivity contribution in [3.05, 3.63) is 80.8 Å². The summed E-state index contributed by atoms with van der Waals surface area (Å²) in [5, 5.41) is 16.6. The molecule has 10 heteroatoms. The molecule has 3 aromatic rings. The van der Waals surface area contributed by atoms with Crippen molar-refractivity contribution in [1.29, 1.82) is 5.26 Å². The average Bonchev–Trinajstić information content (AvgIpc) is 3.20. The Balaban J connectivity index is 1.99. The summed E-state index contributed by atoms with van der Waals surface area (Å²) in [6.07, 6.45) is 1.58. The van der Waals surface area contributed by atoms with Crippen molar-refractivity contribution in [3.63, 3.8) is 0 Å². The number of carbonyl (C=O) groups excluding carboxylic acids is 1. The first-order chi connectivity index (χ1) is 16.3. The van der Waals surface area contributed by atoms with E-state index in [9.17, 15) is 14.4 Å². The minimum absolute atomic E-state index is 0.168. The molecular weight excluding hydrogens is 436 g/mol. The van der Waals surface area contributed by atoms with Crippen molar-refractivity contribution in [2.24, 2.45) is 5.92 Å². The van der Waals surface area contributed by atoms with E-state index in [2.05, 4.69) is 33.0 Å². The van der Waals surface area contributed by atoms with Gasteiger partial charge in [0, 0.05) is 28.9 Å². The Morgan fingerprint density at radius 2 is 2.00 bits per heavy atom. The Labute approximate surface area is 194 Å². The molecule has 0 radical (unpaired) electrons. The zero-order valence-corrected chi connectivity index (χ0v) is 18.8. The van der Waals surface area contributed by atoms with Crippen LogP contribution in [0.3, 0.4) is 0 Å². The Morgan fingerprint density at radius 1 is 1.26 bits per heavy atom. The Hall–Kier alpha value is -4.39. The molecule has 4 rings (SSSR count). The number of rotatable bonds is 6. The van der Waals surface area contributed by atoms with E-state index in [0.29, 0.717) is 17.8 Å². The number of H-pyrrole nitrogens is 2. The number of fused-ring (bicyclic) bond motifs is 1. The first-order valence-corrected chi connectivity index (χ1v) is 10.8. The van der Waals surface area contributed by atoms with Crippen LogP contribution in [0.25, 0.3) is 11.3 Å². The summed E-state index contributed by atoms with van der Waals surface area (Å²) in [6, 6.07) is 11.4. The number of nitriles is 1. The largest absolute Gasteiger partial charge is 0.462 e. The second-order valence-electron chi connectivity index (χ2n) is 8.26. The Kier molecular flexibility index (Phi) is 6.19. The van der Waals surface area contributed by atoms with Crippen LogP contribution < -0.4 is 16.6 Å².